The molecule has 5 heteroatoms. The fourth-order valence-electron chi connectivity index (χ4n) is 1.47. The lowest BCUT2D eigenvalue weighted by molar-refractivity contribution is 0.0208. The molecule has 0 radical (unpaired) electrons. The monoisotopic (exact) mass is 177 g/mol. The average Bonchev–Trinajstić information content (AvgIpc) is 2.34. The molecule has 2 N–H and O–H groups in total. The molecule has 1 aliphatic heterocycles. The molecular formula is C7H12FNO3. The maximum absolute atomic E-state index is 12.1. The van der Waals surface area contributed by atoms with Crippen molar-refractivity contribution in [1.29, 1.82) is 0 Å². The number of carboxylic acid groups (broad SMARTS) is 1. The van der Waals surface area contributed by atoms with Gasteiger partial charge in [0, 0.05) is 19.5 Å². The largest absolute Gasteiger partial charge is 0.465 e. The van der Waals surface area contributed by atoms with E-state index in [-0.39, 0.29) is 12.3 Å². The number of amides is 1. The number of hydrogen-bond donors (Lipinski definition) is 2. The Morgan fingerprint density at radius 2 is 2.42 bits per heavy atom. The third-order valence-electron chi connectivity index (χ3n) is 2.08. The maximum atomic E-state index is 12.1. The molecule has 70 valence electrons. The molecule has 0 aromatic heterocycles. The van der Waals surface area contributed by atoms with Crippen LogP contribution in [0.5, 0.6) is 0 Å². The Bertz CT molecular complexity index is 174. The molecule has 12 heavy (non-hydrogen) atoms. The van der Waals surface area contributed by atoms with Crippen LogP contribution in [-0.4, -0.2) is 40.7 Å². The van der Waals surface area contributed by atoms with Crippen molar-refractivity contribution in [2.24, 2.45) is 5.92 Å². The number of hydrogen-bond acceptors (Lipinski definition) is 2. The number of rotatable bonds is 2. The molecule has 1 unspecified atom stereocenters. The van der Waals surface area contributed by atoms with Gasteiger partial charge >= 0.3 is 6.09 Å². The van der Waals surface area contributed by atoms with Crippen LogP contribution in [0.25, 0.3) is 0 Å². The van der Waals surface area contributed by atoms with E-state index < -0.39 is 12.5 Å². The summed E-state index contributed by atoms with van der Waals surface area (Å²) < 4.78 is 12.1. The first kappa shape index (κ1) is 9.25. The highest BCUT2D eigenvalue weighted by Gasteiger charge is 2.27. The summed E-state index contributed by atoms with van der Waals surface area (Å²) in [6.45, 7) is 0.795. The Morgan fingerprint density at radius 1 is 1.75 bits per heavy atom. The minimum atomic E-state index is -1.82. The fourth-order valence-corrected chi connectivity index (χ4v) is 1.47. The van der Waals surface area contributed by atoms with Crippen molar-refractivity contribution in [3.05, 3.63) is 0 Å². The fraction of sp³-hybridized carbons (Fsp3) is 0.857. The van der Waals surface area contributed by atoms with Gasteiger partial charge in [0.15, 0.2) is 6.36 Å². The normalized spacial score (nSPS) is 25.8. The van der Waals surface area contributed by atoms with Crippen LogP contribution in [0.15, 0.2) is 0 Å². The molecule has 1 saturated heterocycles. The number of halogens is 1. The zero-order valence-corrected chi connectivity index (χ0v) is 6.61. The van der Waals surface area contributed by atoms with Crippen LogP contribution in [0.1, 0.15) is 12.8 Å². The van der Waals surface area contributed by atoms with E-state index in [4.69, 9.17) is 10.2 Å². The molecule has 1 aliphatic rings. The molecule has 1 heterocycles. The molecule has 4 nitrogen and oxygen atoms in total. The van der Waals surface area contributed by atoms with Gasteiger partial charge in [-0.15, -0.1) is 0 Å². The second kappa shape index (κ2) is 3.71. The van der Waals surface area contributed by atoms with Crippen LogP contribution in [0.2, 0.25) is 0 Å². The number of alkyl halides is 1. The van der Waals surface area contributed by atoms with Gasteiger partial charge in [-0.25, -0.2) is 9.18 Å². The minimum absolute atomic E-state index is 0.0268. The topological polar surface area (TPSA) is 60.8 Å². The Kier molecular flexibility index (Phi) is 2.86. The summed E-state index contributed by atoms with van der Waals surface area (Å²) in [4.78, 5) is 11.6. The van der Waals surface area contributed by atoms with Gasteiger partial charge < -0.3 is 15.1 Å². The molecule has 0 spiro atoms. The summed E-state index contributed by atoms with van der Waals surface area (Å²) in [5.74, 6) is -0.0268. The van der Waals surface area contributed by atoms with Crippen molar-refractivity contribution in [3.8, 4) is 0 Å². The van der Waals surface area contributed by atoms with E-state index in [0.29, 0.717) is 19.5 Å². The Morgan fingerprint density at radius 3 is 2.83 bits per heavy atom. The first-order valence-corrected chi connectivity index (χ1v) is 3.89. The van der Waals surface area contributed by atoms with E-state index in [2.05, 4.69) is 0 Å². The molecular weight excluding hydrogens is 165 g/mol. The first-order valence-electron chi connectivity index (χ1n) is 3.89. The highest BCUT2D eigenvalue weighted by atomic mass is 19.1. The second-order valence-corrected chi connectivity index (χ2v) is 3.05. The zero-order chi connectivity index (χ0) is 9.14. The third kappa shape index (κ3) is 2.34. The van der Waals surface area contributed by atoms with Crippen molar-refractivity contribution < 1.29 is 19.4 Å². The molecule has 2 atom stereocenters. The SMILES string of the molecule is O=C(O)N1CC[C@@H](CC(O)F)C1. The molecule has 0 aromatic carbocycles. The van der Waals surface area contributed by atoms with E-state index >= 15 is 0 Å². The van der Waals surface area contributed by atoms with Gasteiger partial charge in [-0.05, 0) is 12.3 Å². The summed E-state index contributed by atoms with van der Waals surface area (Å²) in [6, 6.07) is 0. The van der Waals surface area contributed by atoms with Crippen molar-refractivity contribution in [3.63, 3.8) is 0 Å². The third-order valence-corrected chi connectivity index (χ3v) is 2.08. The van der Waals surface area contributed by atoms with Crippen LogP contribution in [0.3, 0.4) is 0 Å². The highest BCUT2D eigenvalue weighted by molar-refractivity contribution is 5.65. The van der Waals surface area contributed by atoms with Gasteiger partial charge in [0.05, 0.1) is 0 Å². The smallest absolute Gasteiger partial charge is 0.407 e. The standard InChI is InChI=1S/C7H12FNO3/c8-6(10)3-5-1-2-9(4-5)7(11)12/h5-6,10H,1-4H2,(H,11,12)/t5-,6?/m0/s1. The lowest BCUT2D eigenvalue weighted by Crippen LogP contribution is -2.27. The number of aliphatic hydroxyl groups is 1. The average molecular weight is 177 g/mol. The number of nitrogens with zero attached hydrogens (tertiary/aromatic N) is 1. The van der Waals surface area contributed by atoms with Gasteiger partial charge in [0.2, 0.25) is 0 Å². The van der Waals surface area contributed by atoms with Gasteiger partial charge in [0.25, 0.3) is 0 Å². The summed E-state index contributed by atoms with van der Waals surface area (Å²) in [7, 11) is 0. The van der Waals surface area contributed by atoms with E-state index in [0.717, 1.165) is 0 Å². The molecule has 0 saturated carbocycles. The molecule has 1 amide bonds. The summed E-state index contributed by atoms with van der Waals surface area (Å²) in [6.07, 6.45) is -2.09. The van der Waals surface area contributed by atoms with Crippen molar-refractivity contribution in [2.75, 3.05) is 13.1 Å². The molecule has 1 fully saturated rings. The predicted octanol–water partition coefficient (Wildman–Crippen LogP) is 0.664. The number of likely N-dealkylation sites (tertiary alicyclic amines) is 1. The van der Waals surface area contributed by atoms with E-state index in [1.54, 1.807) is 0 Å². The molecule has 0 bridgehead atoms. The van der Waals surface area contributed by atoms with E-state index in [9.17, 15) is 9.18 Å². The molecule has 0 aliphatic carbocycles. The Hall–Kier alpha value is -0.840. The Labute approximate surface area is 69.6 Å². The van der Waals surface area contributed by atoms with Gasteiger partial charge in [-0.1, -0.05) is 0 Å². The molecule has 1 rings (SSSR count). The quantitative estimate of drug-likeness (QED) is 0.651. The summed E-state index contributed by atoms with van der Waals surface area (Å²) >= 11 is 0. The summed E-state index contributed by atoms with van der Waals surface area (Å²) in [5.41, 5.74) is 0. The molecule has 0 aromatic rings. The van der Waals surface area contributed by atoms with Crippen LogP contribution in [0, 0.1) is 5.92 Å². The number of aliphatic hydroxyl groups excluding tert-OH is 1. The van der Waals surface area contributed by atoms with E-state index in [1.807, 2.05) is 0 Å². The van der Waals surface area contributed by atoms with Gasteiger partial charge in [0.1, 0.15) is 0 Å². The highest BCUT2D eigenvalue weighted by Crippen LogP contribution is 2.21. The lowest BCUT2D eigenvalue weighted by Gasteiger charge is -2.11. The van der Waals surface area contributed by atoms with Gasteiger partial charge in [-0.2, -0.15) is 0 Å². The Balaban J connectivity index is 2.30. The summed E-state index contributed by atoms with van der Waals surface area (Å²) in [5, 5.41) is 16.9. The van der Waals surface area contributed by atoms with Gasteiger partial charge in [-0.3, -0.25) is 0 Å². The van der Waals surface area contributed by atoms with E-state index in [1.165, 1.54) is 4.90 Å². The van der Waals surface area contributed by atoms with Crippen LogP contribution >= 0.6 is 0 Å². The maximum Gasteiger partial charge on any atom is 0.407 e. The zero-order valence-electron chi connectivity index (χ0n) is 6.61. The van der Waals surface area contributed by atoms with Crippen LogP contribution in [-0.2, 0) is 0 Å². The lowest BCUT2D eigenvalue weighted by atomic mass is 10.1. The minimum Gasteiger partial charge on any atom is -0.465 e. The van der Waals surface area contributed by atoms with Crippen molar-refractivity contribution in [1.82, 2.24) is 4.90 Å². The predicted molar refractivity (Wildman–Crippen MR) is 39.4 cm³/mol. The number of carbonyl (C=O) groups is 1. The van der Waals surface area contributed by atoms with Crippen molar-refractivity contribution >= 4 is 6.09 Å². The van der Waals surface area contributed by atoms with Crippen LogP contribution in [0.4, 0.5) is 9.18 Å². The van der Waals surface area contributed by atoms with Crippen LogP contribution < -0.4 is 0 Å². The first-order chi connectivity index (χ1) is 5.59. The van der Waals surface area contributed by atoms with Crippen molar-refractivity contribution in [2.45, 2.75) is 19.2 Å². The second-order valence-electron chi connectivity index (χ2n) is 3.05.